The van der Waals surface area contributed by atoms with Crippen molar-refractivity contribution in [3.63, 3.8) is 0 Å². The third-order valence-corrected chi connectivity index (χ3v) is 5.77. The molecule has 1 aliphatic heterocycles. The summed E-state index contributed by atoms with van der Waals surface area (Å²) in [7, 11) is 0. The number of amidine groups is 1. The molecular formula is C23H27N3O3S. The van der Waals surface area contributed by atoms with Crippen LogP contribution in [0.1, 0.15) is 37.8 Å². The number of hydrogen-bond acceptors (Lipinski definition) is 5. The summed E-state index contributed by atoms with van der Waals surface area (Å²) in [5, 5.41) is 5.69. The van der Waals surface area contributed by atoms with Crippen molar-refractivity contribution in [2.75, 3.05) is 11.9 Å². The van der Waals surface area contributed by atoms with Gasteiger partial charge in [-0.1, -0.05) is 55.9 Å². The minimum Gasteiger partial charge on any atom is -0.491 e. The molecule has 158 valence electrons. The van der Waals surface area contributed by atoms with Crippen molar-refractivity contribution in [1.82, 2.24) is 5.32 Å². The van der Waals surface area contributed by atoms with Crippen molar-refractivity contribution in [3.8, 4) is 5.75 Å². The molecule has 0 aliphatic carbocycles. The first-order chi connectivity index (χ1) is 14.5. The van der Waals surface area contributed by atoms with E-state index in [9.17, 15) is 9.59 Å². The Hall–Kier alpha value is -2.80. The maximum absolute atomic E-state index is 12.6. The standard InChI is InChI=1S/C23H27N3O3S/c1-4-13-29-18-12-7-6-11-17(18)24-20(27)14-19-22(28)26-23(30-19)25-21-15(3)9-8-10-16(21)5-2/h6-12,19H,4-5,13-14H2,1-3H3,(H,24,27)(H,25,26,28)/t19-/m0/s1. The lowest BCUT2D eigenvalue weighted by atomic mass is 10.1. The Morgan fingerprint density at radius 1 is 1.20 bits per heavy atom. The quantitative estimate of drug-likeness (QED) is 0.648. The van der Waals surface area contributed by atoms with Crippen molar-refractivity contribution in [1.29, 1.82) is 0 Å². The van der Waals surface area contributed by atoms with Crippen molar-refractivity contribution >= 4 is 40.1 Å². The summed E-state index contributed by atoms with van der Waals surface area (Å²) in [5.41, 5.74) is 3.68. The van der Waals surface area contributed by atoms with Crippen LogP contribution >= 0.6 is 11.8 Å². The molecular weight excluding hydrogens is 398 g/mol. The molecule has 0 unspecified atom stereocenters. The number of thioether (sulfide) groups is 1. The van der Waals surface area contributed by atoms with Crippen LogP contribution in [0.25, 0.3) is 0 Å². The van der Waals surface area contributed by atoms with Gasteiger partial charge in [-0.2, -0.15) is 0 Å². The maximum Gasteiger partial charge on any atom is 0.240 e. The van der Waals surface area contributed by atoms with Crippen LogP contribution in [0.2, 0.25) is 0 Å². The topological polar surface area (TPSA) is 79.8 Å². The Kier molecular flexibility index (Phi) is 7.52. The third kappa shape index (κ3) is 5.42. The van der Waals surface area contributed by atoms with Crippen LogP contribution < -0.4 is 15.4 Å². The predicted octanol–water partition coefficient (Wildman–Crippen LogP) is 4.59. The number of carbonyl (C=O) groups excluding carboxylic acids is 2. The second-order valence-corrected chi connectivity index (χ2v) is 8.24. The van der Waals surface area contributed by atoms with E-state index in [1.165, 1.54) is 11.8 Å². The number of aryl methyl sites for hydroxylation is 2. The van der Waals surface area contributed by atoms with E-state index in [1.807, 2.05) is 50.2 Å². The number of benzene rings is 2. The largest absolute Gasteiger partial charge is 0.491 e. The highest BCUT2D eigenvalue weighted by Gasteiger charge is 2.32. The molecule has 1 saturated heterocycles. The summed E-state index contributed by atoms with van der Waals surface area (Å²) in [5.74, 6) is 0.197. The van der Waals surface area contributed by atoms with E-state index in [-0.39, 0.29) is 18.2 Å². The number of rotatable bonds is 8. The van der Waals surface area contributed by atoms with E-state index in [2.05, 4.69) is 22.5 Å². The molecule has 0 saturated carbocycles. The highest BCUT2D eigenvalue weighted by molar-refractivity contribution is 8.15. The van der Waals surface area contributed by atoms with Gasteiger partial charge in [0.15, 0.2) is 5.17 Å². The van der Waals surface area contributed by atoms with E-state index in [1.54, 1.807) is 6.07 Å². The maximum atomic E-state index is 12.6. The van der Waals surface area contributed by atoms with Crippen molar-refractivity contribution in [2.24, 2.45) is 4.99 Å². The molecule has 7 heteroatoms. The van der Waals surface area contributed by atoms with Crippen LogP contribution in [0, 0.1) is 6.92 Å². The van der Waals surface area contributed by atoms with Gasteiger partial charge >= 0.3 is 0 Å². The zero-order valence-corrected chi connectivity index (χ0v) is 18.3. The molecule has 0 spiro atoms. The molecule has 2 N–H and O–H groups in total. The minimum atomic E-state index is -0.512. The monoisotopic (exact) mass is 425 g/mol. The number of hydrogen-bond donors (Lipinski definition) is 2. The Labute approximate surface area is 181 Å². The average molecular weight is 426 g/mol. The Morgan fingerprint density at radius 3 is 2.77 bits per heavy atom. The predicted molar refractivity (Wildman–Crippen MR) is 123 cm³/mol. The molecule has 2 aromatic rings. The highest BCUT2D eigenvalue weighted by Crippen LogP contribution is 2.30. The second kappa shape index (κ2) is 10.3. The van der Waals surface area contributed by atoms with Crippen molar-refractivity contribution < 1.29 is 14.3 Å². The number of anilines is 1. The first-order valence-corrected chi connectivity index (χ1v) is 11.1. The van der Waals surface area contributed by atoms with Crippen LogP contribution in [-0.4, -0.2) is 28.8 Å². The van der Waals surface area contributed by atoms with Gasteiger partial charge in [0.25, 0.3) is 0 Å². The number of amides is 2. The van der Waals surface area contributed by atoms with Gasteiger partial charge in [-0.3, -0.25) is 9.59 Å². The number of ether oxygens (including phenoxy) is 1. The number of nitrogens with zero attached hydrogens (tertiary/aromatic N) is 1. The lowest BCUT2D eigenvalue weighted by Gasteiger charge is -2.12. The lowest BCUT2D eigenvalue weighted by molar-refractivity contribution is -0.122. The fourth-order valence-electron chi connectivity index (χ4n) is 3.14. The molecule has 6 nitrogen and oxygen atoms in total. The first kappa shape index (κ1) is 21.9. The number of aliphatic imine (C=N–C) groups is 1. The zero-order chi connectivity index (χ0) is 21.5. The van der Waals surface area contributed by atoms with E-state index in [0.717, 1.165) is 29.7 Å². The van der Waals surface area contributed by atoms with E-state index >= 15 is 0 Å². The Balaban J connectivity index is 1.66. The van der Waals surface area contributed by atoms with Gasteiger partial charge in [0.2, 0.25) is 11.8 Å². The lowest BCUT2D eigenvalue weighted by Crippen LogP contribution is -2.28. The van der Waals surface area contributed by atoms with Crippen molar-refractivity contribution in [2.45, 2.75) is 45.3 Å². The van der Waals surface area contributed by atoms with Crippen LogP contribution in [-0.2, 0) is 16.0 Å². The Bertz CT molecular complexity index is 958. The molecule has 1 fully saturated rings. The fraction of sp³-hybridized carbons (Fsp3) is 0.348. The molecule has 1 atom stereocenters. The number of carbonyl (C=O) groups is 2. The van der Waals surface area contributed by atoms with Crippen LogP contribution in [0.3, 0.4) is 0 Å². The van der Waals surface area contributed by atoms with Gasteiger partial charge in [0, 0.05) is 6.42 Å². The molecule has 2 amide bonds. The van der Waals surface area contributed by atoms with E-state index in [4.69, 9.17) is 4.74 Å². The normalized spacial score (nSPS) is 17.1. The van der Waals surface area contributed by atoms with Crippen LogP contribution in [0.4, 0.5) is 11.4 Å². The van der Waals surface area contributed by atoms with Gasteiger partial charge in [-0.05, 0) is 43.0 Å². The van der Waals surface area contributed by atoms with Gasteiger partial charge < -0.3 is 15.4 Å². The molecule has 2 aromatic carbocycles. The number of nitrogens with one attached hydrogen (secondary N) is 2. The van der Waals surface area contributed by atoms with Gasteiger partial charge in [-0.25, -0.2) is 4.99 Å². The van der Waals surface area contributed by atoms with Gasteiger partial charge in [0.1, 0.15) is 11.0 Å². The van der Waals surface area contributed by atoms with Crippen LogP contribution in [0.5, 0.6) is 5.75 Å². The number of para-hydroxylation sites is 3. The third-order valence-electron chi connectivity index (χ3n) is 4.69. The highest BCUT2D eigenvalue weighted by atomic mass is 32.2. The van der Waals surface area contributed by atoms with E-state index < -0.39 is 5.25 Å². The molecule has 1 heterocycles. The first-order valence-electron chi connectivity index (χ1n) is 10.2. The Morgan fingerprint density at radius 2 is 2.00 bits per heavy atom. The van der Waals surface area contributed by atoms with E-state index in [0.29, 0.717) is 23.2 Å². The van der Waals surface area contributed by atoms with Crippen molar-refractivity contribution in [3.05, 3.63) is 53.6 Å². The molecule has 0 aromatic heterocycles. The molecule has 0 bridgehead atoms. The molecule has 0 radical (unpaired) electrons. The summed E-state index contributed by atoms with van der Waals surface area (Å²) in [6.45, 7) is 6.68. The summed E-state index contributed by atoms with van der Waals surface area (Å²) in [6, 6.07) is 13.4. The zero-order valence-electron chi connectivity index (χ0n) is 17.5. The average Bonchev–Trinajstić information content (AvgIpc) is 3.07. The SMILES string of the molecule is CCCOc1ccccc1NC(=O)C[C@@H]1SC(=Nc2c(C)cccc2CC)NC1=O. The summed E-state index contributed by atoms with van der Waals surface area (Å²) >= 11 is 1.30. The summed E-state index contributed by atoms with van der Waals surface area (Å²) in [4.78, 5) is 29.6. The molecule has 1 aliphatic rings. The fourth-order valence-corrected chi connectivity index (χ4v) is 4.11. The summed E-state index contributed by atoms with van der Waals surface area (Å²) in [6.07, 6.45) is 1.80. The molecule has 3 rings (SSSR count). The van der Waals surface area contributed by atoms with Gasteiger partial charge in [-0.15, -0.1) is 0 Å². The minimum absolute atomic E-state index is 0.0615. The van der Waals surface area contributed by atoms with Crippen LogP contribution in [0.15, 0.2) is 47.5 Å². The smallest absolute Gasteiger partial charge is 0.240 e. The second-order valence-electron chi connectivity index (χ2n) is 7.05. The molecule has 30 heavy (non-hydrogen) atoms. The summed E-state index contributed by atoms with van der Waals surface area (Å²) < 4.78 is 5.68. The van der Waals surface area contributed by atoms with Gasteiger partial charge in [0.05, 0.1) is 18.0 Å².